The molecule has 142 valence electrons. The Balaban J connectivity index is 1.78. The summed E-state index contributed by atoms with van der Waals surface area (Å²) in [7, 11) is -2.30. The second-order valence-corrected chi connectivity index (χ2v) is 8.46. The van der Waals surface area contributed by atoms with Crippen LogP contribution in [0.5, 0.6) is 5.75 Å². The number of allylic oxidation sites excluding steroid dienone is 1. The molecule has 0 fully saturated rings. The van der Waals surface area contributed by atoms with E-state index in [1.165, 1.54) is 35.8 Å². The van der Waals surface area contributed by atoms with E-state index in [9.17, 15) is 13.2 Å². The fraction of sp³-hybridized carbons (Fsp3) is 0.136. The molecule has 6 heteroatoms. The first-order valence-corrected chi connectivity index (χ1v) is 10.3. The van der Waals surface area contributed by atoms with Gasteiger partial charge in [0.2, 0.25) is 0 Å². The van der Waals surface area contributed by atoms with Gasteiger partial charge in [0, 0.05) is 12.6 Å². The van der Waals surface area contributed by atoms with Crippen molar-refractivity contribution in [3.63, 3.8) is 0 Å². The van der Waals surface area contributed by atoms with Gasteiger partial charge in [0.25, 0.3) is 10.0 Å². The molecule has 5 nitrogen and oxygen atoms in total. The number of methoxy groups -OCH3 is 1. The molecule has 0 spiro atoms. The van der Waals surface area contributed by atoms with Crippen LogP contribution in [0.2, 0.25) is 0 Å². The van der Waals surface area contributed by atoms with Crippen molar-refractivity contribution in [2.45, 2.75) is 17.4 Å². The maximum absolute atomic E-state index is 13.3. The highest BCUT2D eigenvalue weighted by Crippen LogP contribution is 2.35. The van der Waals surface area contributed by atoms with Gasteiger partial charge >= 0.3 is 0 Å². The Kier molecular flexibility index (Phi) is 4.65. The fourth-order valence-electron chi connectivity index (χ4n) is 3.41. The first kappa shape index (κ1) is 18.3. The number of fused-ring (bicyclic) bond motifs is 1. The van der Waals surface area contributed by atoms with E-state index >= 15 is 0 Å². The number of sulfonamides is 1. The third kappa shape index (κ3) is 3.27. The van der Waals surface area contributed by atoms with Crippen LogP contribution in [-0.2, 0) is 14.8 Å². The summed E-state index contributed by atoms with van der Waals surface area (Å²) >= 11 is 0. The van der Waals surface area contributed by atoms with Crippen molar-refractivity contribution in [3.05, 3.63) is 84.6 Å². The number of ketones is 1. The van der Waals surface area contributed by atoms with Gasteiger partial charge in [0.15, 0.2) is 5.78 Å². The number of hydrogen-bond donors (Lipinski definition) is 0. The molecule has 0 aliphatic carbocycles. The first-order valence-electron chi connectivity index (χ1n) is 8.86. The topological polar surface area (TPSA) is 63.7 Å². The molecule has 3 aromatic rings. The lowest BCUT2D eigenvalue weighted by molar-refractivity contribution is -0.115. The predicted octanol–water partition coefficient (Wildman–Crippen LogP) is 4.07. The van der Waals surface area contributed by atoms with E-state index in [1.54, 1.807) is 12.1 Å². The van der Waals surface area contributed by atoms with E-state index in [1.807, 2.05) is 42.5 Å². The number of carbonyl (C=O) groups excluding carboxylic acids is 1. The maximum Gasteiger partial charge on any atom is 0.264 e. The molecule has 0 saturated heterocycles. The second-order valence-electron chi connectivity index (χ2n) is 6.62. The van der Waals surface area contributed by atoms with Gasteiger partial charge in [-0.05, 0) is 52.7 Å². The summed E-state index contributed by atoms with van der Waals surface area (Å²) in [6.07, 6.45) is 2.79. The van der Waals surface area contributed by atoms with Crippen LogP contribution < -0.4 is 4.74 Å². The molecule has 1 heterocycles. The minimum Gasteiger partial charge on any atom is -0.497 e. The van der Waals surface area contributed by atoms with E-state index in [4.69, 9.17) is 4.74 Å². The number of carbonyl (C=O) groups is 1. The third-order valence-corrected chi connectivity index (χ3v) is 6.70. The van der Waals surface area contributed by atoms with Crippen LogP contribution in [-0.4, -0.2) is 25.6 Å². The Hall–Kier alpha value is -3.12. The predicted molar refractivity (Wildman–Crippen MR) is 107 cm³/mol. The molecular formula is C22H19NO4S. The highest BCUT2D eigenvalue weighted by atomic mass is 32.2. The van der Waals surface area contributed by atoms with Gasteiger partial charge in [0.05, 0.1) is 18.0 Å². The second kappa shape index (κ2) is 7.13. The van der Waals surface area contributed by atoms with Gasteiger partial charge < -0.3 is 4.74 Å². The van der Waals surface area contributed by atoms with E-state index in [0.29, 0.717) is 5.75 Å². The van der Waals surface area contributed by atoms with E-state index < -0.39 is 16.1 Å². The molecule has 1 atom stereocenters. The van der Waals surface area contributed by atoms with Gasteiger partial charge in [-0.15, -0.1) is 0 Å². The zero-order valence-electron chi connectivity index (χ0n) is 15.3. The van der Waals surface area contributed by atoms with Crippen LogP contribution in [0, 0.1) is 0 Å². The molecule has 28 heavy (non-hydrogen) atoms. The maximum atomic E-state index is 13.3. The SMILES string of the molecule is COc1ccc(S(=O)(=O)N2C=CC(=O)C[C@@H]2c2ccc3ccccc3c2)cc1. The molecule has 1 aliphatic rings. The molecule has 0 amide bonds. The molecule has 1 aliphatic heterocycles. The van der Waals surface area contributed by atoms with Gasteiger partial charge in [0.1, 0.15) is 5.75 Å². The number of ether oxygens (including phenoxy) is 1. The minimum absolute atomic E-state index is 0.0978. The van der Waals surface area contributed by atoms with Crippen molar-refractivity contribution in [2.24, 2.45) is 0 Å². The van der Waals surface area contributed by atoms with E-state index in [0.717, 1.165) is 16.3 Å². The monoisotopic (exact) mass is 393 g/mol. The van der Waals surface area contributed by atoms with Gasteiger partial charge in [-0.2, -0.15) is 0 Å². The Morgan fingerprint density at radius 1 is 0.964 bits per heavy atom. The summed E-state index contributed by atoms with van der Waals surface area (Å²) in [5.74, 6) is 0.480. The minimum atomic E-state index is -3.82. The van der Waals surface area contributed by atoms with Gasteiger partial charge in [-0.1, -0.05) is 36.4 Å². The Morgan fingerprint density at radius 2 is 1.68 bits per heavy atom. The Morgan fingerprint density at radius 3 is 2.39 bits per heavy atom. The van der Waals surface area contributed by atoms with Crippen molar-refractivity contribution in [3.8, 4) is 5.75 Å². The average molecular weight is 393 g/mol. The summed E-state index contributed by atoms with van der Waals surface area (Å²) in [4.78, 5) is 12.2. The van der Waals surface area contributed by atoms with Crippen LogP contribution in [0.4, 0.5) is 0 Å². The lowest BCUT2D eigenvalue weighted by Crippen LogP contribution is -2.34. The zero-order valence-corrected chi connectivity index (χ0v) is 16.1. The number of hydrogen-bond acceptors (Lipinski definition) is 4. The van der Waals surface area contributed by atoms with Crippen LogP contribution in [0.25, 0.3) is 10.8 Å². The highest BCUT2D eigenvalue weighted by molar-refractivity contribution is 7.89. The van der Waals surface area contributed by atoms with Crippen molar-refractivity contribution in [1.29, 1.82) is 0 Å². The molecule has 0 bridgehead atoms. The number of nitrogens with zero attached hydrogens (tertiary/aromatic N) is 1. The first-order chi connectivity index (χ1) is 13.5. The Labute approximate surface area is 163 Å². The van der Waals surface area contributed by atoms with E-state index in [-0.39, 0.29) is 17.1 Å². The largest absolute Gasteiger partial charge is 0.497 e. The summed E-state index contributed by atoms with van der Waals surface area (Å²) in [6, 6.07) is 19.3. The lowest BCUT2D eigenvalue weighted by Gasteiger charge is -2.32. The molecule has 0 radical (unpaired) electrons. The molecule has 3 aromatic carbocycles. The summed E-state index contributed by atoms with van der Waals surface area (Å²) < 4.78 is 32.9. The standard InChI is InChI=1S/C22H19NO4S/c1-27-20-8-10-21(11-9-20)28(25,26)23-13-12-19(24)15-22(23)18-7-6-16-4-2-3-5-17(16)14-18/h2-14,22H,15H2,1H3/t22-/m1/s1. The van der Waals surface area contributed by atoms with Crippen LogP contribution in [0.3, 0.4) is 0 Å². The molecule has 0 unspecified atom stereocenters. The highest BCUT2D eigenvalue weighted by Gasteiger charge is 2.33. The Bertz CT molecular complexity index is 1170. The smallest absolute Gasteiger partial charge is 0.264 e. The molecular weight excluding hydrogens is 374 g/mol. The fourth-order valence-corrected chi connectivity index (χ4v) is 4.88. The summed E-state index contributed by atoms with van der Waals surface area (Å²) in [6.45, 7) is 0. The van der Waals surface area contributed by atoms with Crippen molar-refractivity contribution in [1.82, 2.24) is 4.31 Å². The molecule has 4 rings (SSSR count). The van der Waals surface area contributed by atoms with Crippen molar-refractivity contribution in [2.75, 3.05) is 7.11 Å². The summed E-state index contributed by atoms with van der Waals surface area (Å²) in [5, 5.41) is 2.07. The quantitative estimate of drug-likeness (QED) is 0.670. The van der Waals surface area contributed by atoms with Crippen molar-refractivity contribution >= 4 is 26.6 Å². The van der Waals surface area contributed by atoms with Gasteiger partial charge in [-0.3, -0.25) is 9.10 Å². The average Bonchev–Trinajstić information content (AvgIpc) is 2.73. The lowest BCUT2D eigenvalue weighted by atomic mass is 9.97. The van der Waals surface area contributed by atoms with Gasteiger partial charge in [-0.25, -0.2) is 8.42 Å². The molecule has 0 N–H and O–H groups in total. The van der Waals surface area contributed by atoms with Crippen LogP contribution >= 0.6 is 0 Å². The zero-order chi connectivity index (χ0) is 19.7. The van der Waals surface area contributed by atoms with Crippen LogP contribution in [0.1, 0.15) is 18.0 Å². The third-order valence-electron chi connectivity index (χ3n) is 4.90. The number of rotatable bonds is 4. The van der Waals surface area contributed by atoms with Crippen LogP contribution in [0.15, 0.2) is 83.9 Å². The normalized spacial score (nSPS) is 17.1. The molecule has 0 saturated carbocycles. The van der Waals surface area contributed by atoms with E-state index in [2.05, 4.69) is 0 Å². The summed E-state index contributed by atoms with van der Waals surface area (Å²) in [5.41, 5.74) is 0.786. The number of benzene rings is 3. The van der Waals surface area contributed by atoms with Crippen molar-refractivity contribution < 1.29 is 17.9 Å². The molecule has 0 aromatic heterocycles.